The van der Waals surface area contributed by atoms with E-state index in [1.54, 1.807) is 0 Å². The van der Waals surface area contributed by atoms with Gasteiger partial charge in [0, 0.05) is 25.0 Å². The molecule has 1 aliphatic rings. The predicted molar refractivity (Wildman–Crippen MR) is 84.7 cm³/mol. The molecule has 114 valence electrons. The summed E-state index contributed by atoms with van der Waals surface area (Å²) in [5, 5.41) is 3.80. The highest BCUT2D eigenvalue weighted by Gasteiger charge is 2.24. The SMILES string of the molecule is CC(C)(C)C(Cn1ccnc1)NCCC1CCCCC1. The van der Waals surface area contributed by atoms with Gasteiger partial charge in [-0.3, -0.25) is 0 Å². The number of hydrogen-bond acceptors (Lipinski definition) is 2. The minimum Gasteiger partial charge on any atom is -0.336 e. The molecular formula is C17H31N3. The average molecular weight is 277 g/mol. The monoisotopic (exact) mass is 277 g/mol. The van der Waals surface area contributed by atoms with Crippen molar-refractivity contribution in [3.05, 3.63) is 18.7 Å². The van der Waals surface area contributed by atoms with Gasteiger partial charge in [0.15, 0.2) is 0 Å². The topological polar surface area (TPSA) is 29.9 Å². The fourth-order valence-corrected chi connectivity index (χ4v) is 3.19. The van der Waals surface area contributed by atoms with Crippen LogP contribution in [0.1, 0.15) is 59.3 Å². The molecule has 0 aromatic carbocycles. The van der Waals surface area contributed by atoms with Gasteiger partial charge in [0.05, 0.1) is 6.33 Å². The van der Waals surface area contributed by atoms with E-state index in [4.69, 9.17) is 0 Å². The highest BCUT2D eigenvalue weighted by atomic mass is 15.1. The van der Waals surface area contributed by atoms with Gasteiger partial charge in [-0.2, -0.15) is 0 Å². The van der Waals surface area contributed by atoms with Crippen molar-refractivity contribution in [3.8, 4) is 0 Å². The molecule has 0 bridgehead atoms. The van der Waals surface area contributed by atoms with Gasteiger partial charge in [0.2, 0.25) is 0 Å². The zero-order valence-electron chi connectivity index (χ0n) is 13.4. The van der Waals surface area contributed by atoms with Crippen LogP contribution in [0.3, 0.4) is 0 Å². The summed E-state index contributed by atoms with van der Waals surface area (Å²) in [6.07, 6.45) is 14.4. The zero-order chi connectivity index (χ0) is 14.4. The van der Waals surface area contributed by atoms with E-state index in [1.807, 2.05) is 12.5 Å². The maximum atomic E-state index is 4.15. The first-order valence-corrected chi connectivity index (χ1v) is 8.25. The van der Waals surface area contributed by atoms with E-state index in [9.17, 15) is 0 Å². The summed E-state index contributed by atoms with van der Waals surface area (Å²) < 4.78 is 2.18. The Balaban J connectivity index is 1.78. The largest absolute Gasteiger partial charge is 0.336 e. The molecule has 0 amide bonds. The van der Waals surface area contributed by atoms with E-state index in [0.717, 1.165) is 19.0 Å². The lowest BCUT2D eigenvalue weighted by Gasteiger charge is -2.33. The first-order valence-electron chi connectivity index (χ1n) is 8.25. The van der Waals surface area contributed by atoms with Crippen LogP contribution in [0.5, 0.6) is 0 Å². The van der Waals surface area contributed by atoms with Gasteiger partial charge in [-0.1, -0.05) is 52.9 Å². The number of nitrogens with one attached hydrogen (secondary N) is 1. The van der Waals surface area contributed by atoms with Gasteiger partial charge in [-0.15, -0.1) is 0 Å². The zero-order valence-corrected chi connectivity index (χ0v) is 13.4. The molecule has 1 unspecified atom stereocenters. The Kier molecular flexibility index (Phi) is 5.64. The van der Waals surface area contributed by atoms with Crippen molar-refractivity contribution in [1.82, 2.24) is 14.9 Å². The Morgan fingerprint density at radius 3 is 2.60 bits per heavy atom. The van der Waals surface area contributed by atoms with Gasteiger partial charge in [0.1, 0.15) is 0 Å². The predicted octanol–water partition coefficient (Wildman–Crippen LogP) is 3.86. The van der Waals surface area contributed by atoms with Gasteiger partial charge < -0.3 is 9.88 Å². The maximum absolute atomic E-state index is 4.15. The molecule has 1 N–H and O–H groups in total. The fraction of sp³-hybridized carbons (Fsp3) is 0.824. The summed E-state index contributed by atoms with van der Waals surface area (Å²) in [4.78, 5) is 4.15. The van der Waals surface area contributed by atoms with E-state index in [1.165, 1.54) is 38.5 Å². The van der Waals surface area contributed by atoms with Crippen LogP contribution in [-0.4, -0.2) is 22.1 Å². The molecule has 1 aromatic rings. The smallest absolute Gasteiger partial charge is 0.0946 e. The second-order valence-corrected chi connectivity index (χ2v) is 7.42. The molecule has 1 heterocycles. The second-order valence-electron chi connectivity index (χ2n) is 7.42. The summed E-state index contributed by atoms with van der Waals surface area (Å²) in [5.74, 6) is 0.963. The summed E-state index contributed by atoms with van der Waals surface area (Å²) in [5.41, 5.74) is 0.275. The molecule has 2 rings (SSSR count). The van der Waals surface area contributed by atoms with Crippen LogP contribution in [0, 0.1) is 11.3 Å². The molecular weight excluding hydrogens is 246 g/mol. The third-order valence-corrected chi connectivity index (χ3v) is 4.67. The minimum absolute atomic E-state index is 0.275. The number of rotatable bonds is 6. The van der Waals surface area contributed by atoms with Crippen molar-refractivity contribution < 1.29 is 0 Å². The van der Waals surface area contributed by atoms with Gasteiger partial charge in [-0.05, 0) is 24.3 Å². The molecule has 20 heavy (non-hydrogen) atoms. The van der Waals surface area contributed by atoms with E-state index in [-0.39, 0.29) is 5.41 Å². The standard InChI is InChI=1S/C17H31N3/c1-17(2,3)16(13-20-12-11-18-14-20)19-10-9-15-7-5-4-6-8-15/h11-12,14-16,19H,4-10,13H2,1-3H3. The Morgan fingerprint density at radius 1 is 1.25 bits per heavy atom. The molecule has 3 heteroatoms. The van der Waals surface area contributed by atoms with Crippen LogP contribution in [0.2, 0.25) is 0 Å². The average Bonchev–Trinajstić information content (AvgIpc) is 2.91. The maximum Gasteiger partial charge on any atom is 0.0946 e. The van der Waals surface area contributed by atoms with Crippen LogP contribution in [0.25, 0.3) is 0 Å². The van der Waals surface area contributed by atoms with Gasteiger partial charge in [0.25, 0.3) is 0 Å². The molecule has 0 radical (unpaired) electrons. The Morgan fingerprint density at radius 2 is 2.00 bits per heavy atom. The van der Waals surface area contributed by atoms with E-state index in [0.29, 0.717) is 6.04 Å². The number of imidazole rings is 1. The Hall–Kier alpha value is -0.830. The number of nitrogens with zero attached hydrogens (tertiary/aromatic N) is 2. The molecule has 3 nitrogen and oxygen atoms in total. The molecule has 0 aliphatic heterocycles. The van der Waals surface area contributed by atoms with E-state index >= 15 is 0 Å². The lowest BCUT2D eigenvalue weighted by Crippen LogP contribution is -2.44. The highest BCUT2D eigenvalue weighted by molar-refractivity contribution is 4.84. The minimum atomic E-state index is 0.275. The van der Waals surface area contributed by atoms with Crippen LogP contribution < -0.4 is 5.32 Å². The van der Waals surface area contributed by atoms with Crippen molar-refractivity contribution in [3.63, 3.8) is 0 Å². The molecule has 1 aliphatic carbocycles. The normalized spacial score (nSPS) is 19.1. The van der Waals surface area contributed by atoms with Crippen LogP contribution in [0.4, 0.5) is 0 Å². The van der Waals surface area contributed by atoms with Crippen LogP contribution >= 0.6 is 0 Å². The summed E-state index contributed by atoms with van der Waals surface area (Å²) >= 11 is 0. The third-order valence-electron chi connectivity index (χ3n) is 4.67. The number of hydrogen-bond donors (Lipinski definition) is 1. The van der Waals surface area contributed by atoms with Crippen molar-refractivity contribution in [2.45, 2.75) is 71.9 Å². The summed E-state index contributed by atoms with van der Waals surface area (Å²) in [6.45, 7) is 9.13. The van der Waals surface area contributed by atoms with Gasteiger partial charge >= 0.3 is 0 Å². The Labute approximate surface area is 124 Å². The molecule has 1 saturated carbocycles. The van der Waals surface area contributed by atoms with E-state index < -0.39 is 0 Å². The quantitative estimate of drug-likeness (QED) is 0.855. The highest BCUT2D eigenvalue weighted by Crippen LogP contribution is 2.26. The lowest BCUT2D eigenvalue weighted by molar-refractivity contribution is 0.231. The van der Waals surface area contributed by atoms with Gasteiger partial charge in [-0.25, -0.2) is 4.98 Å². The van der Waals surface area contributed by atoms with Crippen molar-refractivity contribution in [2.75, 3.05) is 6.54 Å². The lowest BCUT2D eigenvalue weighted by atomic mass is 9.85. The van der Waals surface area contributed by atoms with Crippen LogP contribution in [0.15, 0.2) is 18.7 Å². The molecule has 0 saturated heterocycles. The molecule has 1 atom stereocenters. The first kappa shape index (κ1) is 15.6. The molecule has 1 aromatic heterocycles. The van der Waals surface area contributed by atoms with Crippen LogP contribution in [-0.2, 0) is 6.54 Å². The van der Waals surface area contributed by atoms with Crippen molar-refractivity contribution in [2.24, 2.45) is 11.3 Å². The molecule has 1 fully saturated rings. The second kappa shape index (κ2) is 7.26. The summed E-state index contributed by atoms with van der Waals surface area (Å²) in [7, 11) is 0. The Bertz CT molecular complexity index is 358. The van der Waals surface area contributed by atoms with E-state index in [2.05, 4.69) is 41.8 Å². The number of aromatic nitrogens is 2. The third kappa shape index (κ3) is 4.93. The van der Waals surface area contributed by atoms with Crippen molar-refractivity contribution >= 4 is 0 Å². The molecule has 0 spiro atoms. The summed E-state index contributed by atoms with van der Waals surface area (Å²) in [6, 6.07) is 0.500. The van der Waals surface area contributed by atoms with Crippen molar-refractivity contribution in [1.29, 1.82) is 0 Å². The first-order chi connectivity index (χ1) is 9.55. The fourth-order valence-electron chi connectivity index (χ4n) is 3.19.